The van der Waals surface area contributed by atoms with E-state index in [9.17, 15) is 14.4 Å². The average Bonchev–Trinajstić information content (AvgIpc) is 3.46. The normalized spacial score (nSPS) is 11.7. The summed E-state index contributed by atoms with van der Waals surface area (Å²) in [7, 11) is 0. The smallest absolute Gasteiger partial charge is 0.350 e. The van der Waals surface area contributed by atoms with Crippen molar-refractivity contribution in [2.75, 3.05) is 18.5 Å². The highest BCUT2D eigenvalue weighted by molar-refractivity contribution is 7.17. The highest BCUT2D eigenvalue weighted by Gasteiger charge is 2.21. The van der Waals surface area contributed by atoms with Crippen molar-refractivity contribution in [2.45, 2.75) is 52.5 Å². The Labute approximate surface area is 212 Å². The van der Waals surface area contributed by atoms with Gasteiger partial charge in [0.15, 0.2) is 5.13 Å². The van der Waals surface area contributed by atoms with Crippen LogP contribution in [-0.2, 0) is 9.53 Å². The molecule has 0 spiro atoms. The first-order chi connectivity index (χ1) is 17.3. The molecule has 0 unspecified atom stereocenters. The predicted octanol–water partition coefficient (Wildman–Crippen LogP) is 3.24. The van der Waals surface area contributed by atoms with Crippen molar-refractivity contribution in [3.8, 4) is 11.4 Å². The molecule has 2 amide bonds. The molecule has 2 aromatic heterocycles. The van der Waals surface area contributed by atoms with E-state index >= 15 is 0 Å². The number of thiazole rings is 1. The minimum Gasteiger partial charge on any atom is -0.461 e. The molecular weight excluding hydrogens is 484 g/mol. The van der Waals surface area contributed by atoms with Crippen LogP contribution in [0.5, 0.6) is 0 Å². The van der Waals surface area contributed by atoms with Crippen LogP contribution in [0, 0.1) is 13.8 Å². The van der Waals surface area contributed by atoms with Gasteiger partial charge in [-0.2, -0.15) is 4.98 Å². The lowest BCUT2D eigenvalue weighted by atomic mass is 10.1. The number of esters is 1. The van der Waals surface area contributed by atoms with Gasteiger partial charge in [0.25, 0.3) is 5.91 Å². The van der Waals surface area contributed by atoms with Crippen molar-refractivity contribution >= 4 is 34.3 Å². The fourth-order valence-electron chi connectivity index (χ4n) is 3.37. The van der Waals surface area contributed by atoms with Gasteiger partial charge in [0.2, 0.25) is 17.6 Å². The number of carbonyl (C=O) groups is 3. The molecule has 0 saturated heterocycles. The van der Waals surface area contributed by atoms with Gasteiger partial charge in [-0.1, -0.05) is 35.5 Å². The van der Waals surface area contributed by atoms with Crippen molar-refractivity contribution < 1.29 is 23.6 Å². The zero-order valence-corrected chi connectivity index (χ0v) is 21.3. The summed E-state index contributed by atoms with van der Waals surface area (Å²) >= 11 is 1.06. The van der Waals surface area contributed by atoms with Gasteiger partial charge < -0.3 is 25.6 Å². The lowest BCUT2D eigenvalue weighted by Crippen LogP contribution is -2.38. The highest BCUT2D eigenvalue weighted by Crippen LogP contribution is 2.24. The van der Waals surface area contributed by atoms with Crippen LogP contribution in [0.3, 0.4) is 0 Å². The van der Waals surface area contributed by atoms with E-state index in [0.29, 0.717) is 71.0 Å². The second kappa shape index (κ2) is 12.9. The summed E-state index contributed by atoms with van der Waals surface area (Å²) in [6.45, 7) is 6.02. The maximum absolute atomic E-state index is 13.0. The monoisotopic (exact) mass is 514 g/mol. The van der Waals surface area contributed by atoms with Crippen LogP contribution >= 0.6 is 11.3 Å². The largest absolute Gasteiger partial charge is 0.461 e. The van der Waals surface area contributed by atoms with Crippen LogP contribution in [-0.4, -0.2) is 52.1 Å². The van der Waals surface area contributed by atoms with Crippen molar-refractivity contribution in [3.63, 3.8) is 0 Å². The molecule has 2 heterocycles. The molecule has 192 valence electrons. The van der Waals surface area contributed by atoms with E-state index in [0.717, 1.165) is 11.3 Å². The minimum atomic E-state index is -0.460. The molecule has 0 fully saturated rings. The Bertz CT molecular complexity index is 1210. The molecule has 0 aliphatic carbocycles. The summed E-state index contributed by atoms with van der Waals surface area (Å²) in [4.78, 5) is 46.6. The molecule has 3 rings (SSSR count). The van der Waals surface area contributed by atoms with Crippen LogP contribution in [0.15, 0.2) is 28.8 Å². The van der Waals surface area contributed by atoms with Gasteiger partial charge in [-0.25, -0.2) is 9.78 Å². The van der Waals surface area contributed by atoms with Crippen LogP contribution in [0.25, 0.3) is 11.4 Å². The van der Waals surface area contributed by atoms with Gasteiger partial charge in [-0.05, 0) is 44.9 Å². The molecule has 4 N–H and O–H groups in total. The quantitative estimate of drug-likeness (QED) is 0.308. The number of ether oxygens (including phenoxy) is 1. The van der Waals surface area contributed by atoms with E-state index in [4.69, 9.17) is 15.0 Å². The van der Waals surface area contributed by atoms with Crippen molar-refractivity contribution in [3.05, 3.63) is 46.3 Å². The SMILES string of the molecule is CCCOC(=O)c1sc(NC(=O)C[C@H](CCCN)NC(=O)c2cccc(-c3noc(C)n3)c2)nc1C. The lowest BCUT2D eigenvalue weighted by Gasteiger charge is -2.18. The molecule has 3 aromatic rings. The zero-order valence-electron chi connectivity index (χ0n) is 20.5. The number of hydrogen-bond acceptors (Lipinski definition) is 10. The number of nitrogens with zero attached hydrogens (tertiary/aromatic N) is 3. The number of hydrogen-bond donors (Lipinski definition) is 3. The fraction of sp³-hybridized carbons (Fsp3) is 0.417. The van der Waals surface area contributed by atoms with Gasteiger partial charge in [0.1, 0.15) is 4.88 Å². The third-order valence-electron chi connectivity index (χ3n) is 5.10. The second-order valence-electron chi connectivity index (χ2n) is 8.14. The van der Waals surface area contributed by atoms with Gasteiger partial charge in [0.05, 0.1) is 12.3 Å². The number of amides is 2. The van der Waals surface area contributed by atoms with Crippen molar-refractivity contribution in [1.82, 2.24) is 20.4 Å². The molecule has 11 nitrogen and oxygen atoms in total. The van der Waals surface area contributed by atoms with E-state index in [2.05, 4.69) is 25.8 Å². The number of anilines is 1. The van der Waals surface area contributed by atoms with E-state index in [-0.39, 0.29) is 18.2 Å². The minimum absolute atomic E-state index is 0.0176. The Morgan fingerprint density at radius 3 is 2.72 bits per heavy atom. The molecule has 1 aromatic carbocycles. The van der Waals surface area contributed by atoms with Crippen LogP contribution < -0.4 is 16.4 Å². The van der Waals surface area contributed by atoms with Gasteiger partial charge in [0, 0.05) is 30.5 Å². The first-order valence-electron chi connectivity index (χ1n) is 11.7. The number of aromatic nitrogens is 3. The number of nitrogens with two attached hydrogens (primary N) is 1. The molecule has 0 bridgehead atoms. The molecule has 12 heteroatoms. The summed E-state index contributed by atoms with van der Waals surface area (Å²) in [5.41, 5.74) is 7.18. The lowest BCUT2D eigenvalue weighted by molar-refractivity contribution is -0.116. The molecule has 0 radical (unpaired) electrons. The number of rotatable bonds is 12. The highest BCUT2D eigenvalue weighted by atomic mass is 32.1. The zero-order chi connectivity index (χ0) is 26.1. The summed E-state index contributed by atoms with van der Waals surface area (Å²) in [5.74, 6) is -0.321. The van der Waals surface area contributed by atoms with Crippen LogP contribution in [0.2, 0.25) is 0 Å². The fourth-order valence-corrected chi connectivity index (χ4v) is 4.24. The Morgan fingerprint density at radius 1 is 1.22 bits per heavy atom. The van der Waals surface area contributed by atoms with Crippen LogP contribution in [0.1, 0.15) is 64.2 Å². The summed E-state index contributed by atoms with van der Waals surface area (Å²) in [6.07, 6.45) is 1.88. The van der Waals surface area contributed by atoms with E-state index in [1.165, 1.54) is 0 Å². The molecular formula is C24H30N6O5S. The van der Waals surface area contributed by atoms with Gasteiger partial charge >= 0.3 is 5.97 Å². The maximum Gasteiger partial charge on any atom is 0.350 e. The second-order valence-corrected chi connectivity index (χ2v) is 9.14. The molecule has 0 aliphatic heterocycles. The number of benzene rings is 1. The third kappa shape index (κ3) is 7.43. The topological polar surface area (TPSA) is 162 Å². The number of nitrogens with one attached hydrogen (secondary N) is 2. The van der Waals surface area contributed by atoms with E-state index in [1.54, 1.807) is 38.1 Å². The Morgan fingerprint density at radius 2 is 2.03 bits per heavy atom. The summed E-state index contributed by atoms with van der Waals surface area (Å²) < 4.78 is 10.2. The molecule has 0 aliphatic rings. The Balaban J connectivity index is 1.65. The average molecular weight is 515 g/mol. The number of aryl methyl sites for hydroxylation is 2. The van der Waals surface area contributed by atoms with Gasteiger partial charge in [-0.3, -0.25) is 9.59 Å². The van der Waals surface area contributed by atoms with Gasteiger partial charge in [-0.15, -0.1) is 0 Å². The van der Waals surface area contributed by atoms with Crippen molar-refractivity contribution in [1.29, 1.82) is 0 Å². The third-order valence-corrected chi connectivity index (χ3v) is 6.15. The Kier molecular flexibility index (Phi) is 9.65. The van der Waals surface area contributed by atoms with Crippen LogP contribution in [0.4, 0.5) is 5.13 Å². The first-order valence-corrected chi connectivity index (χ1v) is 12.5. The number of carbonyl (C=O) groups excluding carboxylic acids is 3. The molecule has 1 atom stereocenters. The van der Waals surface area contributed by atoms with E-state index < -0.39 is 12.0 Å². The van der Waals surface area contributed by atoms with E-state index in [1.807, 2.05) is 6.92 Å². The predicted molar refractivity (Wildman–Crippen MR) is 135 cm³/mol. The maximum atomic E-state index is 13.0. The Hall–Kier alpha value is -3.64. The van der Waals surface area contributed by atoms with Crippen molar-refractivity contribution in [2.24, 2.45) is 5.73 Å². The standard InChI is InChI=1S/C24H30N6O5S/c1-4-11-34-23(33)20-14(2)26-24(36-20)29-19(31)13-18(9-6-10-25)28-22(32)17-8-5-7-16(12-17)21-27-15(3)35-30-21/h5,7-8,12,18H,4,6,9-11,13,25H2,1-3H3,(H,28,32)(H,26,29,31)/t18-/m0/s1. The summed E-state index contributed by atoms with van der Waals surface area (Å²) in [6, 6.07) is 6.39. The summed E-state index contributed by atoms with van der Waals surface area (Å²) in [5, 5.41) is 9.82. The molecule has 0 saturated carbocycles. The molecule has 36 heavy (non-hydrogen) atoms. The first kappa shape index (κ1) is 27.0.